The molecule has 0 aliphatic heterocycles. The van der Waals surface area contributed by atoms with Gasteiger partial charge in [0.2, 0.25) is 0 Å². The van der Waals surface area contributed by atoms with E-state index in [9.17, 15) is 0 Å². The van der Waals surface area contributed by atoms with Crippen molar-refractivity contribution in [3.05, 3.63) is 95.7 Å². The van der Waals surface area contributed by atoms with Gasteiger partial charge in [-0.3, -0.25) is 6.08 Å². The van der Waals surface area contributed by atoms with Crippen LogP contribution in [0.4, 0.5) is 0 Å². The Bertz CT molecular complexity index is 1110. The number of fused-ring (bicyclic) bond motifs is 2. The van der Waals surface area contributed by atoms with Crippen molar-refractivity contribution in [2.75, 3.05) is 0 Å². The van der Waals surface area contributed by atoms with Crippen LogP contribution in [0.5, 0.6) is 0 Å². The van der Waals surface area contributed by atoms with Crippen molar-refractivity contribution in [3.63, 3.8) is 0 Å². The largest absolute Gasteiger partial charge is 4.00 e. The maximum absolute atomic E-state index is 3.26. The van der Waals surface area contributed by atoms with Crippen molar-refractivity contribution >= 4 is 21.7 Å². The first-order valence-electron chi connectivity index (χ1n) is 9.09. The molecule has 0 unspecified atom stereocenters. The van der Waals surface area contributed by atoms with Crippen molar-refractivity contribution in [3.8, 4) is 5.69 Å². The number of para-hydroxylation sites is 1. The zero-order valence-corrected chi connectivity index (χ0v) is 20.8. The first-order valence-corrected chi connectivity index (χ1v) is 9.09. The van der Waals surface area contributed by atoms with Crippen molar-refractivity contribution in [1.29, 1.82) is 0 Å². The zero-order valence-electron chi connectivity index (χ0n) is 16.8. The molecule has 1 nitrogen and oxygen atoms in total. The van der Waals surface area contributed by atoms with Crippen LogP contribution in [0.15, 0.2) is 89.6 Å². The van der Waals surface area contributed by atoms with E-state index in [1.165, 1.54) is 44.1 Å². The molecule has 0 saturated carbocycles. The predicted molar refractivity (Wildman–Crippen MR) is 112 cm³/mol. The molecule has 1 heterocycles. The van der Waals surface area contributed by atoms with Crippen molar-refractivity contribution < 1.29 is 51.0 Å². The predicted octanol–water partition coefficient (Wildman–Crippen LogP) is 0.984. The summed E-state index contributed by atoms with van der Waals surface area (Å²) in [5.41, 5.74) is 6.74. The second-order valence-corrected chi connectivity index (χ2v) is 6.97. The van der Waals surface area contributed by atoms with Crippen LogP contribution in [0.3, 0.4) is 0 Å². The standard InChI is InChI=1S/C17H12N.C8H11.2ClH.Zr/c1-2-7-15-12-16(11-14(15)6-1)18-10-9-13-5-3-4-8-17(13)18;1-6-4-5-7(2)8(6)3;;;/h1-12H;4H2,1-3H3;2*1H;/q2*-1;;;+4/p-2. The number of nitrogens with zero attached hydrogens (tertiary/aromatic N) is 1. The van der Waals surface area contributed by atoms with Gasteiger partial charge in [-0.15, -0.1) is 54.4 Å². The van der Waals surface area contributed by atoms with Gasteiger partial charge in [-0.05, 0) is 23.2 Å². The van der Waals surface area contributed by atoms with Gasteiger partial charge >= 0.3 is 26.2 Å². The van der Waals surface area contributed by atoms with E-state index in [1.54, 1.807) is 0 Å². The molecule has 1 aliphatic carbocycles. The van der Waals surface area contributed by atoms with Gasteiger partial charge in [-0.1, -0.05) is 38.1 Å². The molecule has 0 spiro atoms. The maximum atomic E-state index is 3.26. The molecule has 4 aromatic rings. The molecule has 0 radical (unpaired) electrons. The number of aromatic nitrogens is 1. The molecule has 5 rings (SSSR count). The van der Waals surface area contributed by atoms with Crippen LogP contribution in [-0.2, 0) is 26.2 Å². The minimum atomic E-state index is 0. The molecular formula is C25H23Cl2NZr. The van der Waals surface area contributed by atoms with Gasteiger partial charge in [0.25, 0.3) is 0 Å². The molecule has 0 bridgehead atoms. The number of rotatable bonds is 1. The molecule has 0 saturated heterocycles. The van der Waals surface area contributed by atoms with Crippen LogP contribution in [-0.4, -0.2) is 4.57 Å². The Morgan fingerprint density at radius 3 is 2.10 bits per heavy atom. The Hall–Kier alpha value is -1.47. The Kier molecular flexibility index (Phi) is 9.76. The molecule has 0 atom stereocenters. The summed E-state index contributed by atoms with van der Waals surface area (Å²) >= 11 is 0. The van der Waals surface area contributed by atoms with E-state index in [0.29, 0.717) is 0 Å². The Morgan fingerprint density at radius 2 is 1.52 bits per heavy atom. The van der Waals surface area contributed by atoms with Gasteiger partial charge in [-0.2, -0.15) is 11.1 Å². The third-order valence-electron chi connectivity index (χ3n) is 5.30. The first-order chi connectivity index (χ1) is 12.6. The summed E-state index contributed by atoms with van der Waals surface area (Å²) in [5.74, 6) is 0. The fourth-order valence-corrected chi connectivity index (χ4v) is 3.43. The topological polar surface area (TPSA) is 4.93 Å². The molecule has 4 heteroatoms. The molecule has 146 valence electrons. The molecule has 1 aliphatic rings. The normalized spacial score (nSPS) is 12.4. The van der Waals surface area contributed by atoms with Gasteiger partial charge in [0.15, 0.2) is 0 Å². The average molecular weight is 500 g/mol. The third kappa shape index (κ3) is 5.37. The van der Waals surface area contributed by atoms with Crippen LogP contribution in [0.2, 0.25) is 0 Å². The monoisotopic (exact) mass is 497 g/mol. The number of hydrogen-bond acceptors (Lipinski definition) is 0. The summed E-state index contributed by atoms with van der Waals surface area (Å²) in [6.07, 6.45) is 6.45. The first kappa shape index (κ1) is 25.6. The molecular weight excluding hydrogens is 476 g/mol. The molecule has 29 heavy (non-hydrogen) atoms. The zero-order chi connectivity index (χ0) is 18.1. The van der Waals surface area contributed by atoms with E-state index in [1.807, 2.05) is 0 Å². The van der Waals surface area contributed by atoms with Gasteiger partial charge < -0.3 is 29.4 Å². The molecule has 0 fully saturated rings. The molecule has 0 amide bonds. The van der Waals surface area contributed by atoms with Crippen LogP contribution in [0, 0.1) is 6.08 Å². The van der Waals surface area contributed by atoms with Gasteiger partial charge in [0, 0.05) is 6.20 Å². The minimum Gasteiger partial charge on any atom is -1.00 e. The van der Waals surface area contributed by atoms with Crippen LogP contribution >= 0.6 is 0 Å². The van der Waals surface area contributed by atoms with Gasteiger partial charge in [0.05, 0.1) is 5.52 Å². The second kappa shape index (κ2) is 11.1. The number of allylic oxidation sites excluding steroid dienone is 4. The second-order valence-electron chi connectivity index (χ2n) is 6.97. The average Bonchev–Trinajstić information content (AvgIpc) is 3.35. The van der Waals surface area contributed by atoms with Crippen LogP contribution in [0.25, 0.3) is 27.4 Å². The summed E-state index contributed by atoms with van der Waals surface area (Å²) in [5, 5.41) is 3.87. The van der Waals surface area contributed by atoms with Crippen LogP contribution < -0.4 is 24.8 Å². The third-order valence-corrected chi connectivity index (χ3v) is 5.30. The minimum absolute atomic E-state index is 0. The van der Waals surface area contributed by atoms with E-state index in [-0.39, 0.29) is 51.0 Å². The fraction of sp³-hybridized carbons (Fsp3) is 0.160. The number of benzene rings is 2. The molecule has 3 aromatic carbocycles. The summed E-state index contributed by atoms with van der Waals surface area (Å²) in [6.45, 7) is 6.44. The molecule has 1 aromatic heterocycles. The Labute approximate surface area is 204 Å². The SMILES string of the molecule is CC1=[C-]CC(C)=C1C.[Cl-].[Cl-].[Zr+4].c1ccc2[cH-]c(-n3ccc4ccccc43)cc2c1. The quantitative estimate of drug-likeness (QED) is 0.345. The number of halogens is 2. The fourth-order valence-electron chi connectivity index (χ4n) is 3.43. The van der Waals surface area contributed by atoms with Crippen molar-refractivity contribution in [2.45, 2.75) is 27.2 Å². The van der Waals surface area contributed by atoms with Gasteiger partial charge in [0.1, 0.15) is 0 Å². The van der Waals surface area contributed by atoms with E-state index in [2.05, 4.69) is 104 Å². The Morgan fingerprint density at radius 1 is 0.862 bits per heavy atom. The summed E-state index contributed by atoms with van der Waals surface area (Å²) in [7, 11) is 0. The van der Waals surface area contributed by atoms with Gasteiger partial charge in [-0.25, -0.2) is 5.57 Å². The smallest absolute Gasteiger partial charge is 1.00 e. The maximum Gasteiger partial charge on any atom is 4.00 e. The van der Waals surface area contributed by atoms with Crippen molar-refractivity contribution in [1.82, 2.24) is 4.57 Å². The summed E-state index contributed by atoms with van der Waals surface area (Å²) in [4.78, 5) is 0. The van der Waals surface area contributed by atoms with E-state index < -0.39 is 0 Å². The van der Waals surface area contributed by atoms with E-state index >= 15 is 0 Å². The van der Waals surface area contributed by atoms with E-state index in [0.717, 1.165) is 6.42 Å². The van der Waals surface area contributed by atoms with Crippen molar-refractivity contribution in [2.24, 2.45) is 0 Å². The summed E-state index contributed by atoms with van der Waals surface area (Å²) < 4.78 is 2.25. The summed E-state index contributed by atoms with van der Waals surface area (Å²) in [6, 6.07) is 23.6. The Balaban J connectivity index is 0.000000332. The van der Waals surface area contributed by atoms with E-state index in [4.69, 9.17) is 0 Å². The van der Waals surface area contributed by atoms with Crippen LogP contribution in [0.1, 0.15) is 27.2 Å². The number of hydrogen-bond donors (Lipinski definition) is 0. The molecule has 0 N–H and O–H groups in total.